The summed E-state index contributed by atoms with van der Waals surface area (Å²) in [5.41, 5.74) is 3.00. The second-order valence-corrected chi connectivity index (χ2v) is 7.10. The van der Waals surface area contributed by atoms with Crippen LogP contribution in [0.2, 0.25) is 0 Å². The van der Waals surface area contributed by atoms with Gasteiger partial charge in [0.2, 0.25) is 0 Å². The first kappa shape index (κ1) is 18.5. The minimum atomic E-state index is -0.241. The van der Waals surface area contributed by atoms with Gasteiger partial charge in [-0.1, -0.05) is 25.0 Å². The molecule has 0 radical (unpaired) electrons. The van der Waals surface area contributed by atoms with Gasteiger partial charge in [0.05, 0.1) is 7.05 Å². The molecule has 1 aromatic rings. The van der Waals surface area contributed by atoms with E-state index in [9.17, 15) is 9.59 Å². The summed E-state index contributed by atoms with van der Waals surface area (Å²) in [6, 6.07) is 6.07. The standard InChI is InChI=1S/C19H29N3O2/c1-13-9-10-14(2)17(11-13)21-18(23)12-22(4)15(3)19(24)20-16-7-5-6-8-16/h9-11,15-16H,5-8,12H2,1-4H3,(H,20,24)(H,21,23)/p+1/t15-/m1/s1. The van der Waals surface area contributed by atoms with Crippen LogP contribution in [0, 0.1) is 13.8 Å². The van der Waals surface area contributed by atoms with E-state index in [2.05, 4.69) is 10.6 Å². The van der Waals surface area contributed by atoms with Crippen LogP contribution in [-0.2, 0) is 9.59 Å². The quantitative estimate of drug-likeness (QED) is 0.733. The lowest BCUT2D eigenvalue weighted by atomic mass is 10.1. The van der Waals surface area contributed by atoms with Crippen molar-refractivity contribution in [3.8, 4) is 0 Å². The molecular formula is C19H30N3O2+. The number of carbonyl (C=O) groups excluding carboxylic acids is 2. The smallest absolute Gasteiger partial charge is 0.279 e. The van der Waals surface area contributed by atoms with Crippen LogP contribution in [0.25, 0.3) is 0 Å². The zero-order valence-corrected chi connectivity index (χ0v) is 15.2. The number of quaternary nitrogens is 1. The van der Waals surface area contributed by atoms with Crippen molar-refractivity contribution in [2.75, 3.05) is 18.9 Å². The van der Waals surface area contributed by atoms with E-state index in [-0.39, 0.29) is 24.4 Å². The maximum absolute atomic E-state index is 12.3. The first-order valence-corrected chi connectivity index (χ1v) is 8.86. The predicted octanol–water partition coefficient (Wildman–Crippen LogP) is 1.20. The molecule has 3 N–H and O–H groups in total. The molecular weight excluding hydrogens is 302 g/mol. The number of hydrogen-bond donors (Lipinski definition) is 3. The Morgan fingerprint density at radius 1 is 1.25 bits per heavy atom. The topological polar surface area (TPSA) is 62.6 Å². The Morgan fingerprint density at radius 2 is 1.92 bits per heavy atom. The third-order valence-electron chi connectivity index (χ3n) is 4.94. The van der Waals surface area contributed by atoms with Crippen LogP contribution in [0.5, 0.6) is 0 Å². The molecule has 132 valence electrons. The third kappa shape index (κ3) is 5.06. The van der Waals surface area contributed by atoms with Crippen molar-refractivity contribution in [3.63, 3.8) is 0 Å². The summed E-state index contributed by atoms with van der Waals surface area (Å²) in [5, 5.41) is 6.06. The highest BCUT2D eigenvalue weighted by molar-refractivity contribution is 5.92. The van der Waals surface area contributed by atoms with Crippen molar-refractivity contribution in [2.24, 2.45) is 0 Å². The van der Waals surface area contributed by atoms with Crippen LogP contribution in [0.3, 0.4) is 0 Å². The fourth-order valence-corrected chi connectivity index (χ4v) is 3.09. The molecule has 2 rings (SSSR count). The first-order valence-electron chi connectivity index (χ1n) is 8.86. The number of hydrogen-bond acceptors (Lipinski definition) is 2. The maximum Gasteiger partial charge on any atom is 0.279 e. The summed E-state index contributed by atoms with van der Waals surface area (Å²) in [7, 11) is 1.89. The van der Waals surface area contributed by atoms with Crippen LogP contribution < -0.4 is 15.5 Å². The zero-order chi connectivity index (χ0) is 17.7. The van der Waals surface area contributed by atoms with E-state index in [1.165, 1.54) is 12.8 Å². The lowest BCUT2D eigenvalue weighted by molar-refractivity contribution is -0.885. The van der Waals surface area contributed by atoms with E-state index in [0.29, 0.717) is 6.04 Å². The number of benzene rings is 1. The molecule has 1 aliphatic carbocycles. The van der Waals surface area contributed by atoms with Gasteiger partial charge in [0.1, 0.15) is 0 Å². The number of amides is 2. The zero-order valence-electron chi connectivity index (χ0n) is 15.2. The molecule has 5 nitrogen and oxygen atoms in total. The van der Waals surface area contributed by atoms with Crippen molar-refractivity contribution in [3.05, 3.63) is 29.3 Å². The van der Waals surface area contributed by atoms with Gasteiger partial charge < -0.3 is 15.5 Å². The Kier molecular flexibility index (Phi) is 6.37. The van der Waals surface area contributed by atoms with Crippen LogP contribution in [0.15, 0.2) is 18.2 Å². The Balaban J connectivity index is 1.85. The van der Waals surface area contributed by atoms with Gasteiger partial charge in [-0.05, 0) is 50.8 Å². The summed E-state index contributed by atoms with van der Waals surface area (Å²) in [4.78, 5) is 25.5. The highest BCUT2D eigenvalue weighted by Gasteiger charge is 2.27. The highest BCUT2D eigenvalue weighted by atomic mass is 16.2. The van der Waals surface area contributed by atoms with Crippen molar-refractivity contribution >= 4 is 17.5 Å². The molecule has 0 aromatic heterocycles. The summed E-state index contributed by atoms with van der Waals surface area (Å²) < 4.78 is 0. The Bertz CT molecular complexity index is 594. The van der Waals surface area contributed by atoms with Gasteiger partial charge in [-0.15, -0.1) is 0 Å². The number of carbonyl (C=O) groups is 2. The maximum atomic E-state index is 12.3. The summed E-state index contributed by atoms with van der Waals surface area (Å²) in [6.07, 6.45) is 4.54. The van der Waals surface area contributed by atoms with Gasteiger partial charge in [-0.2, -0.15) is 0 Å². The average molecular weight is 332 g/mol. The SMILES string of the molecule is Cc1ccc(C)c(NC(=O)C[NH+](C)[C@H](C)C(=O)NC2CCCC2)c1. The summed E-state index contributed by atoms with van der Waals surface area (Å²) in [5.74, 6) is -0.0272. The van der Waals surface area contributed by atoms with E-state index < -0.39 is 0 Å². The van der Waals surface area contributed by atoms with Crippen LogP contribution in [-0.4, -0.2) is 37.5 Å². The minimum absolute atomic E-state index is 0.0407. The molecule has 5 heteroatoms. The van der Waals surface area contributed by atoms with Gasteiger partial charge >= 0.3 is 0 Å². The van der Waals surface area contributed by atoms with E-state index >= 15 is 0 Å². The number of likely N-dealkylation sites (N-methyl/N-ethyl adjacent to an activating group) is 1. The molecule has 0 spiro atoms. The monoisotopic (exact) mass is 332 g/mol. The molecule has 2 amide bonds. The van der Waals surface area contributed by atoms with E-state index in [0.717, 1.165) is 34.6 Å². The van der Waals surface area contributed by atoms with Gasteiger partial charge in [0, 0.05) is 11.7 Å². The second kappa shape index (κ2) is 8.29. The number of aryl methyl sites for hydroxylation is 2. The van der Waals surface area contributed by atoms with E-state index in [4.69, 9.17) is 0 Å². The fraction of sp³-hybridized carbons (Fsp3) is 0.579. The van der Waals surface area contributed by atoms with Crippen molar-refractivity contribution in [1.29, 1.82) is 0 Å². The number of anilines is 1. The summed E-state index contributed by atoms with van der Waals surface area (Å²) >= 11 is 0. The molecule has 0 heterocycles. The molecule has 0 aliphatic heterocycles. The molecule has 0 saturated heterocycles. The minimum Gasteiger partial charge on any atom is -0.348 e. The highest BCUT2D eigenvalue weighted by Crippen LogP contribution is 2.17. The molecule has 1 fully saturated rings. The molecule has 1 aromatic carbocycles. The van der Waals surface area contributed by atoms with E-state index in [1.54, 1.807) is 0 Å². The van der Waals surface area contributed by atoms with Crippen molar-refractivity contribution < 1.29 is 14.5 Å². The van der Waals surface area contributed by atoms with Gasteiger partial charge in [-0.3, -0.25) is 9.59 Å². The summed E-state index contributed by atoms with van der Waals surface area (Å²) in [6.45, 7) is 6.13. The normalized spacial score (nSPS) is 17.3. The van der Waals surface area contributed by atoms with Crippen molar-refractivity contribution in [1.82, 2.24) is 5.32 Å². The van der Waals surface area contributed by atoms with Crippen LogP contribution >= 0.6 is 0 Å². The molecule has 1 unspecified atom stereocenters. The first-order chi connectivity index (χ1) is 11.4. The molecule has 0 bridgehead atoms. The lowest BCUT2D eigenvalue weighted by Gasteiger charge is -2.22. The van der Waals surface area contributed by atoms with E-state index in [1.807, 2.05) is 46.0 Å². The number of rotatable bonds is 6. The van der Waals surface area contributed by atoms with Gasteiger partial charge in [0.25, 0.3) is 11.8 Å². The van der Waals surface area contributed by atoms with Crippen LogP contribution in [0.1, 0.15) is 43.7 Å². The van der Waals surface area contributed by atoms with Gasteiger partial charge in [0.15, 0.2) is 12.6 Å². The lowest BCUT2D eigenvalue weighted by Crippen LogP contribution is -3.15. The number of nitrogens with one attached hydrogen (secondary N) is 3. The molecule has 1 saturated carbocycles. The Labute approximate surface area is 144 Å². The predicted molar refractivity (Wildman–Crippen MR) is 96.2 cm³/mol. The average Bonchev–Trinajstić information content (AvgIpc) is 3.02. The van der Waals surface area contributed by atoms with Gasteiger partial charge in [-0.25, -0.2) is 0 Å². The molecule has 24 heavy (non-hydrogen) atoms. The largest absolute Gasteiger partial charge is 0.348 e. The molecule has 2 atom stereocenters. The van der Waals surface area contributed by atoms with Crippen molar-refractivity contribution in [2.45, 2.75) is 58.5 Å². The molecule has 1 aliphatic rings. The Morgan fingerprint density at radius 3 is 2.58 bits per heavy atom. The third-order valence-corrected chi connectivity index (χ3v) is 4.94. The second-order valence-electron chi connectivity index (χ2n) is 7.10. The fourth-order valence-electron chi connectivity index (χ4n) is 3.09. The Hall–Kier alpha value is -1.88. The van der Waals surface area contributed by atoms with Crippen LogP contribution in [0.4, 0.5) is 5.69 Å².